The Labute approximate surface area is 97.8 Å². The molecule has 0 spiro atoms. The van der Waals surface area contributed by atoms with Crippen molar-refractivity contribution in [3.05, 3.63) is 0 Å². The maximum absolute atomic E-state index is 13.0. The minimum absolute atomic E-state index is 0.0287. The van der Waals surface area contributed by atoms with Crippen LogP contribution in [0.1, 0.15) is 59.3 Å². The van der Waals surface area contributed by atoms with E-state index in [1.165, 1.54) is 0 Å². The largest absolute Gasteiger partial charge is 0.327 e. The van der Waals surface area contributed by atoms with Gasteiger partial charge < -0.3 is 5.73 Å². The second kappa shape index (κ2) is 4.99. The summed E-state index contributed by atoms with van der Waals surface area (Å²) < 4.78 is 26.0. The second-order valence-electron chi connectivity index (χ2n) is 6.46. The molecule has 1 nitrogen and oxygen atoms in total. The lowest BCUT2D eigenvalue weighted by Crippen LogP contribution is -2.36. The van der Waals surface area contributed by atoms with Crippen molar-refractivity contribution < 1.29 is 8.78 Å². The van der Waals surface area contributed by atoms with Crippen molar-refractivity contribution in [2.45, 2.75) is 71.3 Å². The molecule has 1 fully saturated rings. The van der Waals surface area contributed by atoms with Gasteiger partial charge in [0.05, 0.1) is 0 Å². The molecule has 0 aliphatic heterocycles. The molecule has 0 amide bonds. The van der Waals surface area contributed by atoms with Crippen molar-refractivity contribution in [3.63, 3.8) is 0 Å². The van der Waals surface area contributed by atoms with E-state index in [0.29, 0.717) is 18.8 Å². The first-order valence-electron chi connectivity index (χ1n) is 6.33. The third-order valence-electron chi connectivity index (χ3n) is 3.59. The summed E-state index contributed by atoms with van der Waals surface area (Å²) >= 11 is 0. The molecule has 0 aromatic rings. The molecule has 1 rings (SSSR count). The Morgan fingerprint density at radius 1 is 1.25 bits per heavy atom. The van der Waals surface area contributed by atoms with Crippen LogP contribution < -0.4 is 5.73 Å². The van der Waals surface area contributed by atoms with E-state index in [1.54, 1.807) is 0 Å². The number of halogens is 2. The molecule has 1 saturated carbocycles. The van der Waals surface area contributed by atoms with Gasteiger partial charge in [-0.05, 0) is 37.0 Å². The Hall–Kier alpha value is -0.180. The zero-order valence-electron chi connectivity index (χ0n) is 10.7. The number of hydrogen-bond acceptors (Lipinski definition) is 1. The van der Waals surface area contributed by atoms with Crippen molar-refractivity contribution >= 4 is 0 Å². The maximum atomic E-state index is 13.0. The Morgan fingerprint density at radius 2 is 1.75 bits per heavy atom. The van der Waals surface area contributed by atoms with Crippen LogP contribution in [0.15, 0.2) is 0 Å². The lowest BCUT2D eigenvalue weighted by molar-refractivity contribution is -0.0487. The fraction of sp³-hybridized carbons (Fsp3) is 1.00. The predicted molar refractivity (Wildman–Crippen MR) is 63.6 cm³/mol. The van der Waals surface area contributed by atoms with Gasteiger partial charge in [0, 0.05) is 18.9 Å². The van der Waals surface area contributed by atoms with Crippen LogP contribution >= 0.6 is 0 Å². The molecule has 0 aromatic carbocycles. The van der Waals surface area contributed by atoms with Gasteiger partial charge in [0.15, 0.2) is 0 Å². The van der Waals surface area contributed by atoms with Crippen LogP contribution in [0, 0.1) is 11.3 Å². The van der Waals surface area contributed by atoms with E-state index in [-0.39, 0.29) is 24.3 Å². The van der Waals surface area contributed by atoms with Crippen LogP contribution in [0.2, 0.25) is 0 Å². The summed E-state index contributed by atoms with van der Waals surface area (Å²) in [6.07, 6.45) is 3.28. The molecule has 0 bridgehead atoms. The SMILES string of the molecule is CC(C)(C)CCC(N)C1CCC(F)(F)CC1. The first kappa shape index (κ1) is 13.9. The molecule has 0 radical (unpaired) electrons. The third-order valence-corrected chi connectivity index (χ3v) is 3.59. The van der Waals surface area contributed by atoms with E-state index < -0.39 is 5.92 Å². The Morgan fingerprint density at radius 3 is 2.19 bits per heavy atom. The predicted octanol–water partition coefficient (Wildman–Crippen LogP) is 3.97. The smallest absolute Gasteiger partial charge is 0.248 e. The quantitative estimate of drug-likeness (QED) is 0.784. The van der Waals surface area contributed by atoms with Crippen LogP contribution in [-0.2, 0) is 0 Å². The first-order valence-corrected chi connectivity index (χ1v) is 6.33. The van der Waals surface area contributed by atoms with Crippen LogP contribution in [0.5, 0.6) is 0 Å². The van der Waals surface area contributed by atoms with Crippen molar-refractivity contribution in [2.75, 3.05) is 0 Å². The fourth-order valence-electron chi connectivity index (χ4n) is 2.33. The molecule has 0 saturated heterocycles. The van der Waals surface area contributed by atoms with E-state index in [4.69, 9.17) is 5.73 Å². The average Bonchev–Trinajstić information content (AvgIpc) is 2.13. The zero-order valence-corrected chi connectivity index (χ0v) is 10.7. The van der Waals surface area contributed by atoms with Gasteiger partial charge in [-0.15, -0.1) is 0 Å². The summed E-state index contributed by atoms with van der Waals surface area (Å²) in [5.41, 5.74) is 6.39. The second-order valence-corrected chi connectivity index (χ2v) is 6.46. The third kappa shape index (κ3) is 4.77. The molecular weight excluding hydrogens is 208 g/mol. The first-order chi connectivity index (χ1) is 7.20. The molecule has 1 aliphatic carbocycles. The number of alkyl halides is 2. The highest BCUT2D eigenvalue weighted by Crippen LogP contribution is 2.38. The van der Waals surface area contributed by atoms with Gasteiger partial charge in [0.2, 0.25) is 5.92 Å². The molecule has 1 atom stereocenters. The summed E-state index contributed by atoms with van der Waals surface area (Å²) in [5.74, 6) is -2.12. The molecule has 1 aliphatic rings. The molecule has 2 N–H and O–H groups in total. The topological polar surface area (TPSA) is 26.0 Å². The molecule has 96 valence electrons. The number of nitrogens with two attached hydrogens (primary N) is 1. The Kier molecular flexibility index (Phi) is 4.33. The summed E-state index contributed by atoms with van der Waals surface area (Å²) in [6.45, 7) is 6.57. The van der Waals surface area contributed by atoms with E-state index in [0.717, 1.165) is 12.8 Å². The fourth-order valence-corrected chi connectivity index (χ4v) is 2.33. The van der Waals surface area contributed by atoms with Gasteiger partial charge in [-0.1, -0.05) is 20.8 Å². The molecule has 0 heterocycles. The van der Waals surface area contributed by atoms with Crippen LogP contribution in [0.4, 0.5) is 8.78 Å². The lowest BCUT2D eigenvalue weighted by atomic mass is 9.79. The van der Waals surface area contributed by atoms with Crippen molar-refractivity contribution in [1.29, 1.82) is 0 Å². The molecule has 1 unspecified atom stereocenters. The summed E-state index contributed by atoms with van der Waals surface area (Å²) in [5, 5.41) is 0. The van der Waals surface area contributed by atoms with Gasteiger partial charge in [-0.2, -0.15) is 0 Å². The highest BCUT2D eigenvalue weighted by Gasteiger charge is 2.36. The Balaban J connectivity index is 2.31. The summed E-state index contributed by atoms with van der Waals surface area (Å²) in [7, 11) is 0. The monoisotopic (exact) mass is 233 g/mol. The van der Waals surface area contributed by atoms with Gasteiger partial charge in [0.1, 0.15) is 0 Å². The molecule has 3 heteroatoms. The highest BCUT2D eigenvalue weighted by molar-refractivity contribution is 4.83. The minimum Gasteiger partial charge on any atom is -0.327 e. The van der Waals surface area contributed by atoms with Crippen molar-refractivity contribution in [1.82, 2.24) is 0 Å². The van der Waals surface area contributed by atoms with Crippen LogP contribution in [-0.4, -0.2) is 12.0 Å². The van der Waals surface area contributed by atoms with E-state index in [1.807, 2.05) is 0 Å². The van der Waals surface area contributed by atoms with E-state index in [9.17, 15) is 8.78 Å². The molecular formula is C13H25F2N. The van der Waals surface area contributed by atoms with Crippen molar-refractivity contribution in [3.8, 4) is 0 Å². The van der Waals surface area contributed by atoms with Crippen molar-refractivity contribution in [2.24, 2.45) is 17.1 Å². The highest BCUT2D eigenvalue weighted by atomic mass is 19.3. The van der Waals surface area contributed by atoms with Gasteiger partial charge in [0.25, 0.3) is 0 Å². The van der Waals surface area contributed by atoms with Crippen LogP contribution in [0.25, 0.3) is 0 Å². The summed E-state index contributed by atoms with van der Waals surface area (Å²) in [6, 6.07) is 0.107. The van der Waals surface area contributed by atoms with Gasteiger partial charge >= 0.3 is 0 Å². The molecule has 16 heavy (non-hydrogen) atoms. The van der Waals surface area contributed by atoms with Gasteiger partial charge in [-0.25, -0.2) is 8.78 Å². The van der Waals surface area contributed by atoms with Crippen LogP contribution in [0.3, 0.4) is 0 Å². The average molecular weight is 233 g/mol. The zero-order chi connectivity index (χ0) is 12.4. The normalized spacial score (nSPS) is 24.4. The van der Waals surface area contributed by atoms with E-state index >= 15 is 0 Å². The van der Waals surface area contributed by atoms with E-state index in [2.05, 4.69) is 20.8 Å². The maximum Gasteiger partial charge on any atom is 0.248 e. The minimum atomic E-state index is -2.43. The lowest BCUT2D eigenvalue weighted by Gasteiger charge is -2.33. The standard InChI is InChI=1S/C13H25F2N/c1-12(2,3)7-6-11(16)10-4-8-13(14,15)9-5-10/h10-11H,4-9,16H2,1-3H3. The summed E-state index contributed by atoms with van der Waals surface area (Å²) in [4.78, 5) is 0. The number of hydrogen-bond donors (Lipinski definition) is 1. The van der Waals surface area contributed by atoms with Gasteiger partial charge in [-0.3, -0.25) is 0 Å². The molecule has 0 aromatic heterocycles. The Bertz CT molecular complexity index is 210. The number of rotatable bonds is 3.